The standard InChI is InChI=1S/C15H20N2S/c1-11(14-9-16-10-18-14)17-13-8-6-5-7-12(13)15(2,3)4/h5-11,17H,1-4H3. The van der Waals surface area contributed by atoms with Crippen LogP contribution in [0.15, 0.2) is 36.0 Å². The van der Waals surface area contributed by atoms with Crippen molar-refractivity contribution in [3.05, 3.63) is 46.4 Å². The monoisotopic (exact) mass is 260 g/mol. The molecule has 1 heterocycles. The molecule has 0 amide bonds. The van der Waals surface area contributed by atoms with Gasteiger partial charge in [-0.1, -0.05) is 39.0 Å². The van der Waals surface area contributed by atoms with Gasteiger partial charge in [0.25, 0.3) is 0 Å². The van der Waals surface area contributed by atoms with Crippen molar-refractivity contribution in [2.24, 2.45) is 0 Å². The molecule has 2 rings (SSSR count). The van der Waals surface area contributed by atoms with Crippen LogP contribution in [0.5, 0.6) is 0 Å². The molecule has 1 N–H and O–H groups in total. The third-order valence-corrected chi connectivity index (χ3v) is 3.94. The van der Waals surface area contributed by atoms with Crippen LogP contribution >= 0.6 is 11.3 Å². The molecule has 1 unspecified atom stereocenters. The van der Waals surface area contributed by atoms with E-state index in [0.717, 1.165) is 0 Å². The average Bonchev–Trinajstić information content (AvgIpc) is 2.81. The first-order valence-electron chi connectivity index (χ1n) is 6.23. The zero-order valence-corrected chi connectivity index (χ0v) is 12.2. The van der Waals surface area contributed by atoms with Crippen LogP contribution in [-0.2, 0) is 5.41 Å². The van der Waals surface area contributed by atoms with Gasteiger partial charge >= 0.3 is 0 Å². The van der Waals surface area contributed by atoms with Gasteiger partial charge in [0.1, 0.15) is 0 Å². The van der Waals surface area contributed by atoms with Crippen LogP contribution in [0, 0.1) is 0 Å². The van der Waals surface area contributed by atoms with E-state index in [4.69, 9.17) is 0 Å². The second-order valence-corrected chi connectivity index (χ2v) is 6.48. The Balaban J connectivity index is 2.24. The first-order valence-corrected chi connectivity index (χ1v) is 7.11. The topological polar surface area (TPSA) is 24.9 Å². The van der Waals surface area contributed by atoms with E-state index in [-0.39, 0.29) is 5.41 Å². The molecule has 0 fully saturated rings. The van der Waals surface area contributed by atoms with E-state index < -0.39 is 0 Å². The minimum atomic E-state index is 0.150. The summed E-state index contributed by atoms with van der Waals surface area (Å²) in [6.07, 6.45) is 1.93. The summed E-state index contributed by atoms with van der Waals surface area (Å²) in [5, 5.41) is 3.59. The van der Waals surface area contributed by atoms with Crippen LogP contribution in [0.25, 0.3) is 0 Å². The third-order valence-electron chi connectivity index (χ3n) is 2.99. The summed E-state index contributed by atoms with van der Waals surface area (Å²) in [5.41, 5.74) is 4.59. The second kappa shape index (κ2) is 5.11. The van der Waals surface area contributed by atoms with Crippen molar-refractivity contribution in [2.45, 2.75) is 39.2 Å². The molecule has 0 bridgehead atoms. The molecule has 0 aliphatic rings. The Morgan fingerprint density at radius 2 is 1.94 bits per heavy atom. The molecule has 0 saturated heterocycles. The summed E-state index contributed by atoms with van der Waals surface area (Å²) in [4.78, 5) is 5.40. The van der Waals surface area contributed by atoms with E-state index in [1.165, 1.54) is 16.1 Å². The van der Waals surface area contributed by atoms with Crippen molar-refractivity contribution in [1.82, 2.24) is 4.98 Å². The number of nitrogens with one attached hydrogen (secondary N) is 1. The van der Waals surface area contributed by atoms with Crippen LogP contribution in [0.3, 0.4) is 0 Å². The molecular formula is C15H20N2S. The summed E-state index contributed by atoms with van der Waals surface area (Å²) in [6, 6.07) is 8.82. The van der Waals surface area contributed by atoms with Gasteiger partial charge in [-0.3, -0.25) is 4.98 Å². The molecule has 0 radical (unpaired) electrons. The van der Waals surface area contributed by atoms with Crippen molar-refractivity contribution in [3.63, 3.8) is 0 Å². The van der Waals surface area contributed by atoms with Gasteiger partial charge in [-0.25, -0.2) is 0 Å². The predicted molar refractivity (Wildman–Crippen MR) is 79.3 cm³/mol. The van der Waals surface area contributed by atoms with Gasteiger partial charge in [-0.15, -0.1) is 11.3 Å². The molecule has 1 atom stereocenters. The Morgan fingerprint density at radius 3 is 2.56 bits per heavy atom. The zero-order valence-electron chi connectivity index (χ0n) is 11.4. The lowest BCUT2D eigenvalue weighted by atomic mass is 9.85. The van der Waals surface area contributed by atoms with Gasteiger partial charge in [0, 0.05) is 16.8 Å². The molecule has 1 aromatic carbocycles. The van der Waals surface area contributed by atoms with Crippen molar-refractivity contribution in [1.29, 1.82) is 0 Å². The fourth-order valence-electron chi connectivity index (χ4n) is 2.01. The maximum absolute atomic E-state index is 4.13. The number of benzene rings is 1. The number of para-hydroxylation sites is 1. The number of hydrogen-bond donors (Lipinski definition) is 1. The molecule has 3 heteroatoms. The summed E-state index contributed by atoms with van der Waals surface area (Å²) < 4.78 is 0. The van der Waals surface area contributed by atoms with Crippen molar-refractivity contribution in [2.75, 3.05) is 5.32 Å². The highest BCUT2D eigenvalue weighted by atomic mass is 32.1. The lowest BCUT2D eigenvalue weighted by Crippen LogP contribution is -2.16. The normalized spacial score (nSPS) is 13.3. The minimum absolute atomic E-state index is 0.150. The van der Waals surface area contributed by atoms with E-state index in [2.05, 4.69) is 62.3 Å². The number of rotatable bonds is 3. The van der Waals surface area contributed by atoms with E-state index in [1.54, 1.807) is 11.3 Å². The van der Waals surface area contributed by atoms with Gasteiger partial charge in [0.15, 0.2) is 0 Å². The highest BCUT2D eigenvalue weighted by Gasteiger charge is 2.18. The molecule has 0 spiro atoms. The Kier molecular flexibility index (Phi) is 3.71. The quantitative estimate of drug-likeness (QED) is 0.871. The molecule has 0 aliphatic heterocycles. The lowest BCUT2D eigenvalue weighted by Gasteiger charge is -2.25. The predicted octanol–water partition coefficient (Wildman–Crippen LogP) is 4.61. The SMILES string of the molecule is CC(Nc1ccccc1C(C)(C)C)c1cncs1. The highest BCUT2D eigenvalue weighted by Crippen LogP contribution is 2.31. The summed E-state index contributed by atoms with van der Waals surface area (Å²) in [6.45, 7) is 8.90. The van der Waals surface area contributed by atoms with Crippen molar-refractivity contribution >= 4 is 17.0 Å². The molecule has 2 nitrogen and oxygen atoms in total. The second-order valence-electron chi connectivity index (χ2n) is 5.57. The molecular weight excluding hydrogens is 240 g/mol. The maximum Gasteiger partial charge on any atom is 0.0795 e. The maximum atomic E-state index is 4.13. The number of hydrogen-bond acceptors (Lipinski definition) is 3. The van der Waals surface area contributed by atoms with Crippen LogP contribution in [0.4, 0.5) is 5.69 Å². The van der Waals surface area contributed by atoms with Crippen LogP contribution in [0.2, 0.25) is 0 Å². The number of anilines is 1. The molecule has 2 aromatic rings. The van der Waals surface area contributed by atoms with Gasteiger partial charge in [-0.05, 0) is 24.0 Å². The zero-order chi connectivity index (χ0) is 13.2. The van der Waals surface area contributed by atoms with Gasteiger partial charge in [-0.2, -0.15) is 0 Å². The fourth-order valence-corrected chi connectivity index (χ4v) is 2.64. The Morgan fingerprint density at radius 1 is 1.22 bits per heavy atom. The third kappa shape index (κ3) is 2.91. The van der Waals surface area contributed by atoms with E-state index in [1.807, 2.05) is 11.7 Å². The Hall–Kier alpha value is -1.35. The molecule has 18 heavy (non-hydrogen) atoms. The lowest BCUT2D eigenvalue weighted by molar-refractivity contribution is 0.591. The van der Waals surface area contributed by atoms with Crippen LogP contribution in [0.1, 0.15) is 44.2 Å². The van der Waals surface area contributed by atoms with E-state index in [9.17, 15) is 0 Å². The van der Waals surface area contributed by atoms with Crippen molar-refractivity contribution in [3.8, 4) is 0 Å². The summed E-state index contributed by atoms with van der Waals surface area (Å²) >= 11 is 1.69. The molecule has 96 valence electrons. The van der Waals surface area contributed by atoms with E-state index in [0.29, 0.717) is 6.04 Å². The highest BCUT2D eigenvalue weighted by molar-refractivity contribution is 7.09. The smallest absolute Gasteiger partial charge is 0.0795 e. The fraction of sp³-hybridized carbons (Fsp3) is 0.400. The number of thiazole rings is 1. The molecule has 1 aromatic heterocycles. The minimum Gasteiger partial charge on any atom is -0.377 e. The van der Waals surface area contributed by atoms with Crippen LogP contribution in [-0.4, -0.2) is 4.98 Å². The van der Waals surface area contributed by atoms with Gasteiger partial charge < -0.3 is 5.32 Å². The molecule has 0 aliphatic carbocycles. The summed E-state index contributed by atoms with van der Waals surface area (Å²) in [5.74, 6) is 0. The number of aromatic nitrogens is 1. The van der Waals surface area contributed by atoms with Crippen LogP contribution < -0.4 is 5.32 Å². The largest absolute Gasteiger partial charge is 0.377 e. The van der Waals surface area contributed by atoms with E-state index >= 15 is 0 Å². The van der Waals surface area contributed by atoms with Gasteiger partial charge in [0.05, 0.1) is 11.6 Å². The first-order chi connectivity index (χ1) is 8.48. The molecule has 0 saturated carbocycles. The first kappa shape index (κ1) is 13.1. The average molecular weight is 260 g/mol. The Bertz CT molecular complexity index is 497. The van der Waals surface area contributed by atoms with Crippen molar-refractivity contribution < 1.29 is 0 Å². The summed E-state index contributed by atoms with van der Waals surface area (Å²) in [7, 11) is 0. The number of nitrogens with zero attached hydrogens (tertiary/aromatic N) is 1. The Labute approximate surface area is 113 Å². The van der Waals surface area contributed by atoms with Gasteiger partial charge in [0.2, 0.25) is 0 Å².